The van der Waals surface area contributed by atoms with Crippen molar-refractivity contribution < 1.29 is 32.2 Å². The highest BCUT2D eigenvalue weighted by molar-refractivity contribution is 6.06. The number of aryl methyl sites for hydroxylation is 1. The van der Waals surface area contributed by atoms with E-state index in [4.69, 9.17) is 15.2 Å². The van der Waals surface area contributed by atoms with Crippen molar-refractivity contribution in [3.63, 3.8) is 0 Å². The first-order chi connectivity index (χ1) is 18.5. The Morgan fingerprint density at radius 2 is 1.69 bits per heavy atom. The first kappa shape index (κ1) is 27.0. The van der Waals surface area contributed by atoms with Crippen molar-refractivity contribution in [2.75, 3.05) is 19.1 Å². The van der Waals surface area contributed by atoms with Gasteiger partial charge in [0.15, 0.2) is 0 Å². The molecule has 0 fully saturated rings. The third-order valence-electron chi connectivity index (χ3n) is 6.11. The first-order valence-electron chi connectivity index (χ1n) is 11.4. The number of carbonyl (C=O) groups is 2. The molecule has 0 radical (unpaired) electrons. The van der Waals surface area contributed by atoms with Crippen molar-refractivity contribution in [3.05, 3.63) is 101 Å². The standard InChI is InChI=1S/C27H22F3N5O4/c1-15-13-34(14-33-15)18-9-17(27(28,29)30)10-19(11-18)35-23(26(37)39-3)22(25(36)38-2)21(20(12-31)24(35)32)16-7-5-4-6-8-16/h4-11,13-14,21H,32H2,1-3H3. The lowest BCUT2D eigenvalue weighted by atomic mass is 9.81. The molecular formula is C27H22F3N5O4. The van der Waals surface area contributed by atoms with E-state index >= 15 is 0 Å². The Bertz CT molecular complexity index is 1550. The van der Waals surface area contributed by atoms with Gasteiger partial charge in [-0.3, -0.25) is 4.90 Å². The summed E-state index contributed by atoms with van der Waals surface area (Å²) in [5.41, 5.74) is 5.15. The van der Waals surface area contributed by atoms with Crippen LogP contribution in [0.5, 0.6) is 0 Å². The van der Waals surface area contributed by atoms with Crippen molar-refractivity contribution >= 4 is 17.6 Å². The number of esters is 2. The number of rotatable bonds is 5. The topological polar surface area (TPSA) is 123 Å². The van der Waals surface area contributed by atoms with Crippen molar-refractivity contribution in [1.29, 1.82) is 5.26 Å². The van der Waals surface area contributed by atoms with Gasteiger partial charge in [0.25, 0.3) is 0 Å². The molecule has 200 valence electrons. The number of nitrogens with zero attached hydrogens (tertiary/aromatic N) is 4. The van der Waals surface area contributed by atoms with E-state index in [-0.39, 0.29) is 28.3 Å². The lowest BCUT2D eigenvalue weighted by Crippen LogP contribution is -2.41. The van der Waals surface area contributed by atoms with Crippen LogP contribution in [0.25, 0.3) is 5.69 Å². The molecule has 3 aromatic rings. The predicted molar refractivity (Wildman–Crippen MR) is 133 cm³/mol. The van der Waals surface area contributed by atoms with Gasteiger partial charge in [-0.15, -0.1) is 0 Å². The summed E-state index contributed by atoms with van der Waals surface area (Å²) >= 11 is 0. The smallest absolute Gasteiger partial charge is 0.416 e. The third-order valence-corrected chi connectivity index (χ3v) is 6.11. The molecule has 4 rings (SSSR count). The van der Waals surface area contributed by atoms with E-state index in [1.807, 2.05) is 6.07 Å². The lowest BCUT2D eigenvalue weighted by molar-refractivity contribution is -0.139. The quantitative estimate of drug-likeness (QED) is 0.483. The fourth-order valence-corrected chi connectivity index (χ4v) is 4.38. The van der Waals surface area contributed by atoms with Crippen molar-refractivity contribution in [3.8, 4) is 11.8 Å². The minimum atomic E-state index is -4.79. The van der Waals surface area contributed by atoms with Crippen LogP contribution in [0.15, 0.2) is 83.7 Å². The van der Waals surface area contributed by atoms with Crippen LogP contribution >= 0.6 is 0 Å². The second-order valence-corrected chi connectivity index (χ2v) is 8.49. The summed E-state index contributed by atoms with van der Waals surface area (Å²) in [4.78, 5) is 31.4. The Balaban J connectivity index is 2.10. The average Bonchev–Trinajstić information content (AvgIpc) is 3.37. The molecule has 1 unspecified atom stereocenters. The predicted octanol–water partition coefficient (Wildman–Crippen LogP) is 4.10. The van der Waals surface area contributed by atoms with E-state index in [9.17, 15) is 28.0 Å². The zero-order valence-corrected chi connectivity index (χ0v) is 21.0. The second kappa shape index (κ2) is 10.4. The van der Waals surface area contributed by atoms with Crippen LogP contribution in [-0.4, -0.2) is 35.7 Å². The number of ether oxygens (including phenoxy) is 2. The molecule has 0 bridgehead atoms. The maximum Gasteiger partial charge on any atom is 0.416 e. The molecule has 1 aliphatic rings. The average molecular weight is 537 g/mol. The van der Waals surface area contributed by atoms with E-state index < -0.39 is 35.3 Å². The number of nitrogens with two attached hydrogens (primary N) is 1. The number of hydrogen-bond donors (Lipinski definition) is 1. The van der Waals surface area contributed by atoms with Gasteiger partial charge in [-0.05, 0) is 30.7 Å². The van der Waals surface area contributed by atoms with Gasteiger partial charge in [-0.25, -0.2) is 14.6 Å². The van der Waals surface area contributed by atoms with Gasteiger partial charge in [0.05, 0.1) is 60.6 Å². The Morgan fingerprint density at radius 3 is 2.23 bits per heavy atom. The number of carbonyl (C=O) groups excluding carboxylic acids is 2. The van der Waals surface area contributed by atoms with E-state index in [0.29, 0.717) is 11.3 Å². The summed E-state index contributed by atoms with van der Waals surface area (Å²) in [7, 11) is 2.12. The van der Waals surface area contributed by atoms with Crippen LogP contribution in [0.2, 0.25) is 0 Å². The summed E-state index contributed by atoms with van der Waals surface area (Å²) in [6.45, 7) is 1.67. The number of nitriles is 1. The van der Waals surface area contributed by atoms with Crippen LogP contribution in [0.4, 0.5) is 18.9 Å². The molecule has 12 heteroatoms. The Labute approximate surface area is 221 Å². The highest BCUT2D eigenvalue weighted by atomic mass is 19.4. The number of alkyl halides is 3. The number of methoxy groups -OCH3 is 2. The van der Waals surface area contributed by atoms with Crippen LogP contribution in [-0.2, 0) is 25.2 Å². The van der Waals surface area contributed by atoms with E-state index in [1.54, 1.807) is 37.3 Å². The summed E-state index contributed by atoms with van der Waals surface area (Å²) in [5, 5.41) is 10.1. The molecule has 2 aromatic carbocycles. The minimum absolute atomic E-state index is 0.0424. The molecule has 0 amide bonds. The fraction of sp³-hybridized carbons (Fsp3) is 0.185. The number of aromatic nitrogens is 2. The molecule has 2 N–H and O–H groups in total. The monoisotopic (exact) mass is 537 g/mol. The fourth-order valence-electron chi connectivity index (χ4n) is 4.38. The number of anilines is 1. The van der Waals surface area contributed by atoms with E-state index in [2.05, 4.69) is 4.98 Å². The molecule has 0 spiro atoms. The summed E-state index contributed by atoms with van der Waals surface area (Å²) < 4.78 is 53.3. The lowest BCUT2D eigenvalue weighted by Gasteiger charge is -2.36. The van der Waals surface area contributed by atoms with Gasteiger partial charge in [0.2, 0.25) is 0 Å². The third kappa shape index (κ3) is 4.94. The molecule has 2 heterocycles. The molecular weight excluding hydrogens is 515 g/mol. The molecule has 1 atom stereocenters. The van der Waals surface area contributed by atoms with Gasteiger partial charge in [0, 0.05) is 11.9 Å². The Kier molecular flexibility index (Phi) is 7.18. The van der Waals surface area contributed by atoms with Crippen LogP contribution < -0.4 is 10.6 Å². The number of hydrogen-bond acceptors (Lipinski definition) is 8. The van der Waals surface area contributed by atoms with Crippen molar-refractivity contribution in [2.45, 2.75) is 19.0 Å². The van der Waals surface area contributed by atoms with Gasteiger partial charge in [-0.1, -0.05) is 30.3 Å². The number of halogens is 3. The maximum absolute atomic E-state index is 14.0. The Morgan fingerprint density at radius 1 is 1.05 bits per heavy atom. The highest BCUT2D eigenvalue weighted by Gasteiger charge is 2.43. The van der Waals surface area contributed by atoms with Crippen molar-refractivity contribution in [1.82, 2.24) is 9.55 Å². The SMILES string of the molecule is COC(=O)C1=C(C(=O)OC)N(c2cc(-n3cnc(C)c3)cc(C(F)(F)F)c2)C(N)=C(C#N)C1c1ccccc1. The molecule has 0 saturated heterocycles. The molecule has 0 aliphatic carbocycles. The summed E-state index contributed by atoms with van der Waals surface area (Å²) in [6, 6.07) is 13.2. The number of benzene rings is 2. The minimum Gasteiger partial charge on any atom is -0.466 e. The number of allylic oxidation sites excluding steroid dienone is 1. The second-order valence-electron chi connectivity index (χ2n) is 8.49. The van der Waals surface area contributed by atoms with Gasteiger partial charge in [-0.2, -0.15) is 18.4 Å². The normalized spacial score (nSPS) is 15.7. The molecule has 1 aliphatic heterocycles. The zero-order chi connectivity index (χ0) is 28.5. The molecule has 0 saturated carbocycles. The van der Waals surface area contributed by atoms with Crippen LogP contribution in [0.3, 0.4) is 0 Å². The molecule has 9 nitrogen and oxygen atoms in total. The highest BCUT2D eigenvalue weighted by Crippen LogP contribution is 2.44. The molecule has 1 aromatic heterocycles. The van der Waals surface area contributed by atoms with E-state index in [0.717, 1.165) is 31.3 Å². The van der Waals surface area contributed by atoms with E-state index in [1.165, 1.54) is 23.2 Å². The summed E-state index contributed by atoms with van der Waals surface area (Å²) in [5.74, 6) is -3.58. The largest absolute Gasteiger partial charge is 0.466 e. The zero-order valence-electron chi connectivity index (χ0n) is 21.0. The van der Waals surface area contributed by atoms with Gasteiger partial charge >= 0.3 is 18.1 Å². The summed E-state index contributed by atoms with van der Waals surface area (Å²) in [6.07, 6.45) is -1.95. The van der Waals surface area contributed by atoms with Gasteiger partial charge in [0.1, 0.15) is 11.5 Å². The maximum atomic E-state index is 14.0. The Hall–Kier alpha value is -5.05. The van der Waals surface area contributed by atoms with Crippen molar-refractivity contribution in [2.24, 2.45) is 5.73 Å². The number of imidazole rings is 1. The van der Waals surface area contributed by atoms with Gasteiger partial charge < -0.3 is 19.8 Å². The first-order valence-corrected chi connectivity index (χ1v) is 11.4. The van der Waals surface area contributed by atoms with Crippen LogP contribution in [0, 0.1) is 18.3 Å². The van der Waals surface area contributed by atoms with Crippen LogP contribution in [0.1, 0.15) is 22.7 Å². The molecule has 39 heavy (non-hydrogen) atoms.